The van der Waals surface area contributed by atoms with Crippen LogP contribution in [0.2, 0.25) is 0 Å². The molecule has 0 radical (unpaired) electrons. The van der Waals surface area contributed by atoms with Gasteiger partial charge in [0.05, 0.1) is 11.2 Å². The maximum atomic E-state index is 10.9. The van der Waals surface area contributed by atoms with E-state index < -0.39 is 11.2 Å². The zero-order chi connectivity index (χ0) is 21.7. The summed E-state index contributed by atoms with van der Waals surface area (Å²) in [5.41, 5.74) is 1.20. The average molecular weight is 417 g/mol. The Morgan fingerprint density at radius 1 is 1.13 bits per heavy atom. The van der Waals surface area contributed by atoms with Crippen molar-refractivity contribution >= 4 is 0 Å². The summed E-state index contributed by atoms with van der Waals surface area (Å²) in [5.74, 6) is 5.09. The van der Waals surface area contributed by atoms with Crippen LogP contribution in [0.5, 0.6) is 0 Å². The van der Waals surface area contributed by atoms with Crippen molar-refractivity contribution in [3.8, 4) is 0 Å². The summed E-state index contributed by atoms with van der Waals surface area (Å²) < 4.78 is 0. The number of aliphatic hydroxyl groups is 2. The maximum absolute atomic E-state index is 10.9. The minimum absolute atomic E-state index is 0.421. The lowest BCUT2D eigenvalue weighted by Gasteiger charge is -2.55. The third-order valence-electron chi connectivity index (χ3n) is 10.5. The zero-order valence-corrected chi connectivity index (χ0v) is 20.4. The highest BCUT2D eigenvalue weighted by Crippen LogP contribution is 2.65. The van der Waals surface area contributed by atoms with Gasteiger partial charge in [-0.15, -0.1) is 0 Å². The highest BCUT2D eigenvalue weighted by Gasteiger charge is 2.57. The minimum atomic E-state index is -0.518. The third kappa shape index (κ3) is 4.17. The molecule has 30 heavy (non-hydrogen) atoms. The molecule has 8 atom stereocenters. The summed E-state index contributed by atoms with van der Waals surface area (Å²) in [6, 6.07) is 0. The molecule has 0 amide bonds. The molecule has 0 aromatic rings. The molecule has 3 saturated carbocycles. The van der Waals surface area contributed by atoms with E-state index in [2.05, 4.69) is 26.8 Å². The molecule has 0 aliphatic heterocycles. The van der Waals surface area contributed by atoms with Crippen molar-refractivity contribution < 1.29 is 10.2 Å². The molecular formula is C28H48O2. The van der Waals surface area contributed by atoms with Gasteiger partial charge in [0.15, 0.2) is 0 Å². The van der Waals surface area contributed by atoms with E-state index in [1.165, 1.54) is 44.9 Å². The summed E-state index contributed by atoms with van der Waals surface area (Å²) in [7, 11) is 0. The van der Waals surface area contributed by atoms with Crippen molar-refractivity contribution in [1.29, 1.82) is 0 Å². The Morgan fingerprint density at radius 2 is 1.90 bits per heavy atom. The van der Waals surface area contributed by atoms with Crippen LogP contribution >= 0.6 is 0 Å². The van der Waals surface area contributed by atoms with E-state index in [-0.39, 0.29) is 0 Å². The van der Waals surface area contributed by atoms with E-state index in [4.69, 9.17) is 0 Å². The molecule has 2 nitrogen and oxygen atoms in total. The Hall–Kier alpha value is -0.340. The second-order valence-electron chi connectivity index (χ2n) is 12.8. The molecule has 1 unspecified atom stereocenters. The van der Waals surface area contributed by atoms with Crippen LogP contribution in [0.4, 0.5) is 0 Å². The molecular weight excluding hydrogens is 368 g/mol. The Morgan fingerprint density at radius 3 is 2.60 bits per heavy atom. The van der Waals surface area contributed by atoms with E-state index in [0.717, 1.165) is 67.6 Å². The molecule has 3 fully saturated rings. The molecule has 0 bridgehead atoms. The smallest absolute Gasteiger partial charge is 0.0682 e. The lowest BCUT2D eigenvalue weighted by Crippen LogP contribution is -2.48. The molecule has 2 heteroatoms. The van der Waals surface area contributed by atoms with Gasteiger partial charge in [-0.05, 0) is 119 Å². The van der Waals surface area contributed by atoms with Gasteiger partial charge in [-0.25, -0.2) is 0 Å². The highest BCUT2D eigenvalue weighted by atomic mass is 16.3. The molecule has 172 valence electrons. The summed E-state index contributed by atoms with van der Waals surface area (Å²) in [5, 5.41) is 21.0. The topological polar surface area (TPSA) is 40.5 Å². The van der Waals surface area contributed by atoms with E-state index in [1.807, 2.05) is 13.8 Å². The molecule has 0 saturated heterocycles. The lowest BCUT2D eigenvalue weighted by atomic mass is 9.50. The third-order valence-corrected chi connectivity index (χ3v) is 10.5. The molecule has 0 spiro atoms. The molecule has 0 aromatic carbocycles. The normalized spacial score (nSPS) is 44.6. The van der Waals surface area contributed by atoms with Crippen LogP contribution < -0.4 is 0 Å². The quantitative estimate of drug-likeness (QED) is 0.463. The second kappa shape index (κ2) is 8.22. The van der Waals surface area contributed by atoms with Crippen LogP contribution in [-0.2, 0) is 0 Å². The number of fused-ring (bicyclic) bond motifs is 5. The van der Waals surface area contributed by atoms with Crippen LogP contribution in [0.1, 0.15) is 112 Å². The zero-order valence-electron chi connectivity index (χ0n) is 20.4. The van der Waals surface area contributed by atoms with E-state index >= 15 is 0 Å². The van der Waals surface area contributed by atoms with Crippen molar-refractivity contribution in [3.05, 3.63) is 11.6 Å². The Kier molecular flexibility index (Phi) is 6.26. The van der Waals surface area contributed by atoms with Crippen LogP contribution in [-0.4, -0.2) is 21.4 Å². The fourth-order valence-corrected chi connectivity index (χ4v) is 8.70. The van der Waals surface area contributed by atoms with Crippen LogP contribution in [0.3, 0.4) is 0 Å². The molecule has 4 aliphatic carbocycles. The minimum Gasteiger partial charge on any atom is -0.390 e. The van der Waals surface area contributed by atoms with Gasteiger partial charge in [0.25, 0.3) is 0 Å². The maximum Gasteiger partial charge on any atom is 0.0682 e. The molecule has 0 heterocycles. The predicted molar refractivity (Wildman–Crippen MR) is 125 cm³/mol. The number of rotatable bonds is 6. The summed E-state index contributed by atoms with van der Waals surface area (Å²) in [6.07, 6.45) is 17.0. The molecule has 2 N–H and O–H groups in total. The van der Waals surface area contributed by atoms with Crippen molar-refractivity contribution in [2.45, 2.75) is 123 Å². The van der Waals surface area contributed by atoms with Gasteiger partial charge >= 0.3 is 0 Å². The monoisotopic (exact) mass is 416 g/mol. The highest BCUT2D eigenvalue weighted by molar-refractivity contribution is 5.22. The summed E-state index contributed by atoms with van der Waals surface area (Å²) in [6.45, 7) is 11.2. The molecule has 0 aromatic heterocycles. The second-order valence-corrected chi connectivity index (χ2v) is 12.8. The van der Waals surface area contributed by atoms with E-state index in [9.17, 15) is 10.2 Å². The van der Waals surface area contributed by atoms with Crippen molar-refractivity contribution in [3.63, 3.8) is 0 Å². The van der Waals surface area contributed by atoms with E-state index in [1.54, 1.807) is 5.57 Å². The van der Waals surface area contributed by atoms with Crippen LogP contribution in [0.25, 0.3) is 0 Å². The molecule has 4 rings (SSSR count). The standard InChI is InChI=1S/C28H48O2/c1-6-28(30)17-14-21-20(18-28)9-10-23-22(21)13-16-27(5)24(11-12-25(23)27)19(2)8-7-15-26(3,4)29/h9,19,21-25,29-30H,6-8,10-18H2,1-5H3/t19-,21+,22?,23-,24-,25+,27-,28+/m1/s1. The largest absolute Gasteiger partial charge is 0.390 e. The van der Waals surface area contributed by atoms with Gasteiger partial charge in [0, 0.05) is 0 Å². The SMILES string of the molecule is CC[C@]1(O)CC[C@H]2C(=CC[C@@H]3C2CC[C@]2(C)[C@@H]([C@H](C)CCCC(C)(C)O)CC[C@@H]32)C1. The van der Waals surface area contributed by atoms with Crippen LogP contribution in [0, 0.1) is 40.9 Å². The first-order chi connectivity index (χ1) is 14.1. The lowest BCUT2D eigenvalue weighted by molar-refractivity contribution is -0.0463. The number of allylic oxidation sites excluding steroid dienone is 1. The first-order valence-corrected chi connectivity index (χ1v) is 13.2. The number of hydrogen-bond acceptors (Lipinski definition) is 2. The Bertz CT molecular complexity index is 646. The van der Waals surface area contributed by atoms with Gasteiger partial charge in [0.1, 0.15) is 0 Å². The van der Waals surface area contributed by atoms with Crippen LogP contribution in [0.15, 0.2) is 11.6 Å². The first kappa shape index (κ1) is 22.8. The first-order valence-electron chi connectivity index (χ1n) is 13.2. The fourth-order valence-electron chi connectivity index (χ4n) is 8.70. The predicted octanol–water partition coefficient (Wildman–Crippen LogP) is 6.89. The van der Waals surface area contributed by atoms with Crippen molar-refractivity contribution in [2.24, 2.45) is 40.9 Å². The summed E-state index contributed by atoms with van der Waals surface area (Å²) >= 11 is 0. The van der Waals surface area contributed by atoms with Gasteiger partial charge in [-0.2, -0.15) is 0 Å². The van der Waals surface area contributed by atoms with Gasteiger partial charge in [-0.3, -0.25) is 0 Å². The fraction of sp³-hybridized carbons (Fsp3) is 0.929. The van der Waals surface area contributed by atoms with Crippen molar-refractivity contribution in [2.75, 3.05) is 0 Å². The van der Waals surface area contributed by atoms with Gasteiger partial charge < -0.3 is 10.2 Å². The Labute approximate surface area is 185 Å². The van der Waals surface area contributed by atoms with Gasteiger partial charge in [-0.1, -0.05) is 45.3 Å². The van der Waals surface area contributed by atoms with E-state index in [0.29, 0.717) is 5.41 Å². The Balaban J connectivity index is 1.44. The van der Waals surface area contributed by atoms with Gasteiger partial charge in [0.2, 0.25) is 0 Å². The number of hydrogen-bond donors (Lipinski definition) is 2. The van der Waals surface area contributed by atoms with Crippen molar-refractivity contribution in [1.82, 2.24) is 0 Å². The summed E-state index contributed by atoms with van der Waals surface area (Å²) in [4.78, 5) is 0. The molecule has 4 aliphatic rings. The average Bonchev–Trinajstić information content (AvgIpc) is 3.04.